The molecule has 12 heavy (non-hydrogen) atoms. The molecule has 0 bridgehead atoms. The number of alkyl halides is 1. The zero-order chi connectivity index (χ0) is 8.97. The van der Waals surface area contributed by atoms with Crippen LogP contribution in [-0.4, -0.2) is 11.1 Å². The summed E-state index contributed by atoms with van der Waals surface area (Å²) in [6, 6.07) is 8.21. The highest BCUT2D eigenvalue weighted by Crippen LogP contribution is 2.09. The van der Waals surface area contributed by atoms with Gasteiger partial charge in [-0.3, -0.25) is 0 Å². The number of benzene rings is 1. The Morgan fingerprint density at radius 1 is 1.42 bits per heavy atom. The summed E-state index contributed by atoms with van der Waals surface area (Å²) in [5.74, 6) is 0. The molecule has 0 aliphatic heterocycles. The van der Waals surface area contributed by atoms with Crippen molar-refractivity contribution < 1.29 is 4.79 Å². The second-order valence-corrected chi connectivity index (χ2v) is 4.02. The molecule has 0 fully saturated rings. The minimum Gasteiger partial charge on any atom is -0.302 e. The van der Waals surface area contributed by atoms with Crippen molar-refractivity contribution >= 4 is 22.2 Å². The van der Waals surface area contributed by atoms with Crippen molar-refractivity contribution in [2.75, 3.05) is 0 Å². The quantitative estimate of drug-likeness (QED) is 0.572. The number of carbonyl (C=O) groups is 1. The zero-order valence-electron chi connectivity index (χ0n) is 6.96. The number of aldehydes is 1. The van der Waals surface area contributed by atoms with Gasteiger partial charge in [0.25, 0.3) is 0 Å². The molecule has 0 heterocycles. The fourth-order valence-electron chi connectivity index (χ4n) is 0.997. The van der Waals surface area contributed by atoms with Gasteiger partial charge in [0.2, 0.25) is 0 Å². The maximum absolute atomic E-state index is 10.3. The largest absolute Gasteiger partial charge is 0.302 e. The van der Waals surface area contributed by atoms with Crippen molar-refractivity contribution in [1.82, 2.24) is 0 Å². The maximum atomic E-state index is 10.3. The van der Waals surface area contributed by atoms with E-state index in [9.17, 15) is 4.79 Å². The summed E-state index contributed by atoms with van der Waals surface area (Å²) in [4.78, 5) is 10.3. The van der Waals surface area contributed by atoms with Crippen LogP contribution < -0.4 is 0 Å². The normalized spacial score (nSPS) is 12.5. The van der Waals surface area contributed by atoms with Crippen LogP contribution in [0.15, 0.2) is 24.3 Å². The second kappa shape index (κ2) is 4.41. The molecule has 1 aromatic rings. The Morgan fingerprint density at radius 3 is 2.50 bits per heavy atom. The third kappa shape index (κ3) is 2.78. The van der Waals surface area contributed by atoms with Crippen LogP contribution in [-0.2, 0) is 11.2 Å². The van der Waals surface area contributed by atoms with Gasteiger partial charge in [-0.1, -0.05) is 45.8 Å². The summed E-state index contributed by atoms with van der Waals surface area (Å²) in [5, 5.41) is 0. The fourth-order valence-corrected chi connectivity index (χ4v) is 1.37. The number of aryl methyl sites for hydroxylation is 1. The molecule has 0 amide bonds. The van der Waals surface area contributed by atoms with Crippen molar-refractivity contribution in [3.63, 3.8) is 0 Å². The lowest BCUT2D eigenvalue weighted by Gasteiger charge is -2.02. The summed E-state index contributed by atoms with van der Waals surface area (Å²) in [5.41, 5.74) is 2.44. The van der Waals surface area contributed by atoms with Gasteiger partial charge in [-0.25, -0.2) is 0 Å². The molecule has 0 spiro atoms. The first-order valence-electron chi connectivity index (χ1n) is 3.87. The average molecular weight is 227 g/mol. The van der Waals surface area contributed by atoms with E-state index in [2.05, 4.69) is 35.0 Å². The van der Waals surface area contributed by atoms with E-state index >= 15 is 0 Å². The van der Waals surface area contributed by atoms with Gasteiger partial charge < -0.3 is 4.79 Å². The first-order valence-corrected chi connectivity index (χ1v) is 4.79. The third-order valence-corrected chi connectivity index (χ3v) is 2.24. The number of hydrogen-bond acceptors (Lipinski definition) is 1. The van der Waals surface area contributed by atoms with E-state index in [1.54, 1.807) is 0 Å². The molecular formula is C10H11BrO. The van der Waals surface area contributed by atoms with Crippen molar-refractivity contribution in [2.45, 2.75) is 18.2 Å². The Labute approximate surface area is 80.9 Å². The third-order valence-electron chi connectivity index (χ3n) is 1.70. The molecular weight excluding hydrogens is 216 g/mol. The minimum absolute atomic E-state index is 0.0554. The Balaban J connectivity index is 2.64. The van der Waals surface area contributed by atoms with Crippen LogP contribution >= 0.6 is 15.9 Å². The van der Waals surface area contributed by atoms with Gasteiger partial charge in [0, 0.05) is 0 Å². The maximum Gasteiger partial charge on any atom is 0.133 e. The van der Waals surface area contributed by atoms with E-state index in [1.165, 1.54) is 11.1 Å². The topological polar surface area (TPSA) is 17.1 Å². The highest BCUT2D eigenvalue weighted by molar-refractivity contribution is 9.09. The monoisotopic (exact) mass is 226 g/mol. The Morgan fingerprint density at radius 2 is 2.00 bits per heavy atom. The number of halogens is 1. The van der Waals surface area contributed by atoms with Crippen LogP contribution in [0.25, 0.3) is 0 Å². The van der Waals surface area contributed by atoms with E-state index in [1.807, 2.05) is 12.1 Å². The van der Waals surface area contributed by atoms with Gasteiger partial charge in [0.05, 0.1) is 4.83 Å². The van der Waals surface area contributed by atoms with E-state index < -0.39 is 0 Å². The van der Waals surface area contributed by atoms with E-state index in [-0.39, 0.29) is 4.83 Å². The molecule has 0 aliphatic carbocycles. The first kappa shape index (κ1) is 9.46. The van der Waals surface area contributed by atoms with E-state index in [0.717, 1.165) is 12.7 Å². The molecule has 0 N–H and O–H groups in total. The van der Waals surface area contributed by atoms with Crippen molar-refractivity contribution in [3.8, 4) is 0 Å². The molecule has 1 unspecified atom stereocenters. The highest BCUT2D eigenvalue weighted by Gasteiger charge is 2.02. The predicted octanol–water partition coefficient (Wildman–Crippen LogP) is 2.50. The van der Waals surface area contributed by atoms with E-state index in [4.69, 9.17) is 0 Å². The fraction of sp³-hybridized carbons (Fsp3) is 0.300. The number of hydrogen-bond donors (Lipinski definition) is 0. The molecule has 0 aliphatic rings. The lowest BCUT2D eigenvalue weighted by molar-refractivity contribution is -0.107. The van der Waals surface area contributed by atoms with Crippen molar-refractivity contribution in [3.05, 3.63) is 35.4 Å². The Kier molecular flexibility index (Phi) is 3.48. The molecule has 0 saturated carbocycles. The summed E-state index contributed by atoms with van der Waals surface area (Å²) < 4.78 is 0. The molecule has 64 valence electrons. The predicted molar refractivity (Wildman–Crippen MR) is 53.7 cm³/mol. The van der Waals surface area contributed by atoms with E-state index in [0.29, 0.717) is 0 Å². The summed E-state index contributed by atoms with van der Waals surface area (Å²) in [6.45, 7) is 2.05. The lowest BCUT2D eigenvalue weighted by Crippen LogP contribution is -2.03. The summed E-state index contributed by atoms with van der Waals surface area (Å²) in [6.07, 6.45) is 1.68. The van der Waals surface area contributed by atoms with Gasteiger partial charge in [-0.05, 0) is 18.9 Å². The number of rotatable bonds is 3. The molecule has 0 radical (unpaired) electrons. The molecule has 1 aromatic carbocycles. The first-order chi connectivity index (χ1) is 5.72. The second-order valence-electron chi connectivity index (χ2n) is 2.84. The van der Waals surface area contributed by atoms with Crippen molar-refractivity contribution in [2.24, 2.45) is 0 Å². The van der Waals surface area contributed by atoms with Crippen LogP contribution in [0.2, 0.25) is 0 Å². The molecule has 0 saturated heterocycles. The lowest BCUT2D eigenvalue weighted by atomic mass is 10.1. The molecule has 1 nitrogen and oxygen atoms in total. The van der Waals surface area contributed by atoms with Crippen molar-refractivity contribution in [1.29, 1.82) is 0 Å². The van der Waals surface area contributed by atoms with Crippen LogP contribution in [0.4, 0.5) is 0 Å². The molecule has 1 rings (SSSR count). The molecule has 2 heteroatoms. The minimum atomic E-state index is -0.0554. The van der Waals surface area contributed by atoms with Gasteiger partial charge in [-0.15, -0.1) is 0 Å². The van der Waals surface area contributed by atoms with Crippen LogP contribution in [0.5, 0.6) is 0 Å². The van der Waals surface area contributed by atoms with Crippen LogP contribution in [0, 0.1) is 6.92 Å². The summed E-state index contributed by atoms with van der Waals surface area (Å²) >= 11 is 3.26. The average Bonchev–Trinajstić information content (AvgIpc) is 2.09. The molecule has 1 atom stereocenters. The van der Waals surface area contributed by atoms with Crippen LogP contribution in [0.1, 0.15) is 11.1 Å². The van der Waals surface area contributed by atoms with Gasteiger partial charge in [0.15, 0.2) is 0 Å². The molecule has 0 aromatic heterocycles. The van der Waals surface area contributed by atoms with Gasteiger partial charge >= 0.3 is 0 Å². The standard InChI is InChI=1S/C10H11BrO/c1-8-2-4-9(5-3-8)6-10(11)7-12/h2-5,7,10H,6H2,1H3. The SMILES string of the molecule is Cc1ccc(CC(Br)C=O)cc1. The summed E-state index contributed by atoms with van der Waals surface area (Å²) in [7, 11) is 0. The Hall–Kier alpha value is -0.630. The zero-order valence-corrected chi connectivity index (χ0v) is 8.54. The highest BCUT2D eigenvalue weighted by atomic mass is 79.9. The van der Waals surface area contributed by atoms with Gasteiger partial charge in [-0.2, -0.15) is 0 Å². The Bertz CT molecular complexity index is 253. The smallest absolute Gasteiger partial charge is 0.133 e. The number of carbonyl (C=O) groups excluding carboxylic acids is 1. The van der Waals surface area contributed by atoms with Crippen LogP contribution in [0.3, 0.4) is 0 Å². The van der Waals surface area contributed by atoms with Gasteiger partial charge in [0.1, 0.15) is 6.29 Å².